The second-order valence-electron chi connectivity index (χ2n) is 5.20. The Bertz CT molecular complexity index is 758. The maximum Gasteiger partial charge on any atom is 0.251 e. The number of hydrogen-bond acceptors (Lipinski definition) is 2. The average Bonchev–Trinajstić information content (AvgIpc) is 2.91. The Morgan fingerprint density at radius 3 is 2.76 bits per heavy atom. The van der Waals surface area contributed by atoms with Crippen LogP contribution in [0, 0.1) is 6.92 Å². The average molecular weight is 279 g/mol. The molecule has 0 aliphatic heterocycles. The van der Waals surface area contributed by atoms with E-state index in [1.54, 1.807) is 0 Å². The summed E-state index contributed by atoms with van der Waals surface area (Å²) in [5, 5.41) is 2.97. The topological polar surface area (TPSA) is 57.8 Å². The smallest absolute Gasteiger partial charge is 0.251 e. The maximum atomic E-state index is 12.2. The molecule has 1 atom stereocenters. The van der Waals surface area contributed by atoms with Crippen molar-refractivity contribution in [1.29, 1.82) is 0 Å². The van der Waals surface area contributed by atoms with Crippen LogP contribution >= 0.6 is 0 Å². The van der Waals surface area contributed by atoms with Crippen molar-refractivity contribution in [2.24, 2.45) is 0 Å². The summed E-state index contributed by atoms with van der Waals surface area (Å²) in [5.74, 6) is 0.670. The predicted molar refractivity (Wildman–Crippen MR) is 83.2 cm³/mol. The highest BCUT2D eigenvalue weighted by molar-refractivity contribution is 5.94. The molecule has 0 saturated carbocycles. The van der Waals surface area contributed by atoms with Crippen molar-refractivity contribution < 1.29 is 4.79 Å². The van der Waals surface area contributed by atoms with E-state index in [4.69, 9.17) is 0 Å². The van der Waals surface area contributed by atoms with Crippen LogP contribution in [0.4, 0.5) is 0 Å². The molecule has 0 aliphatic rings. The van der Waals surface area contributed by atoms with Crippen molar-refractivity contribution in [3.8, 4) is 0 Å². The van der Waals surface area contributed by atoms with Crippen molar-refractivity contribution >= 4 is 16.9 Å². The monoisotopic (exact) mass is 279 g/mol. The van der Waals surface area contributed by atoms with Crippen LogP contribution in [0.3, 0.4) is 0 Å². The summed E-state index contributed by atoms with van der Waals surface area (Å²) >= 11 is 0. The van der Waals surface area contributed by atoms with Crippen LogP contribution in [-0.2, 0) is 0 Å². The molecule has 1 heterocycles. The number of carbonyl (C=O) groups excluding carboxylic acids is 1. The van der Waals surface area contributed by atoms with Crippen LogP contribution < -0.4 is 5.32 Å². The van der Waals surface area contributed by atoms with E-state index in [-0.39, 0.29) is 11.9 Å². The quantitative estimate of drug-likeness (QED) is 0.772. The van der Waals surface area contributed by atoms with Crippen molar-refractivity contribution in [2.75, 3.05) is 0 Å². The van der Waals surface area contributed by atoms with Crippen LogP contribution in [0.15, 0.2) is 48.5 Å². The van der Waals surface area contributed by atoms with E-state index in [0.717, 1.165) is 22.4 Å². The Labute approximate surface area is 123 Å². The summed E-state index contributed by atoms with van der Waals surface area (Å²) in [5.41, 5.74) is 3.62. The molecule has 0 bridgehead atoms. The lowest BCUT2D eigenvalue weighted by atomic mass is 10.1. The highest BCUT2D eigenvalue weighted by atomic mass is 16.1. The number of nitrogens with one attached hydrogen (secondary N) is 2. The molecule has 3 rings (SSSR count). The van der Waals surface area contributed by atoms with E-state index >= 15 is 0 Å². The molecule has 2 N–H and O–H groups in total. The molecule has 4 heteroatoms. The SMILES string of the molecule is Cc1cccc(C(=O)N[C@H](C)c2nc3ccccc3[nH]2)c1. The van der Waals surface area contributed by atoms with Crippen molar-refractivity contribution in [1.82, 2.24) is 15.3 Å². The van der Waals surface area contributed by atoms with Gasteiger partial charge in [-0.3, -0.25) is 4.79 Å². The second-order valence-corrected chi connectivity index (χ2v) is 5.20. The fraction of sp³-hybridized carbons (Fsp3) is 0.176. The van der Waals surface area contributed by atoms with Gasteiger partial charge in [-0.15, -0.1) is 0 Å². The molecule has 1 aromatic heterocycles. The van der Waals surface area contributed by atoms with Gasteiger partial charge in [-0.1, -0.05) is 29.8 Å². The molecule has 0 radical (unpaired) electrons. The molecule has 2 aromatic carbocycles. The molecule has 1 amide bonds. The number of aromatic nitrogens is 2. The third-order valence-corrected chi connectivity index (χ3v) is 3.45. The largest absolute Gasteiger partial charge is 0.342 e. The minimum Gasteiger partial charge on any atom is -0.342 e. The van der Waals surface area contributed by atoms with Crippen LogP contribution in [0.2, 0.25) is 0 Å². The Morgan fingerprint density at radius 1 is 1.19 bits per heavy atom. The molecule has 106 valence electrons. The molecule has 0 saturated heterocycles. The number of nitrogens with zero attached hydrogens (tertiary/aromatic N) is 1. The van der Waals surface area contributed by atoms with Gasteiger partial charge in [0, 0.05) is 5.56 Å². The normalized spacial score (nSPS) is 12.3. The second kappa shape index (κ2) is 5.40. The molecular formula is C17H17N3O. The molecule has 4 nitrogen and oxygen atoms in total. The molecule has 0 spiro atoms. The fourth-order valence-corrected chi connectivity index (χ4v) is 2.31. The van der Waals surface area contributed by atoms with Crippen molar-refractivity contribution in [2.45, 2.75) is 19.9 Å². The summed E-state index contributed by atoms with van der Waals surface area (Å²) in [6, 6.07) is 15.2. The van der Waals surface area contributed by atoms with Gasteiger partial charge in [-0.2, -0.15) is 0 Å². The first-order chi connectivity index (χ1) is 10.1. The summed E-state index contributed by atoms with van der Waals surface area (Å²) in [7, 11) is 0. The van der Waals surface area contributed by atoms with Crippen molar-refractivity contribution in [3.63, 3.8) is 0 Å². The third-order valence-electron chi connectivity index (χ3n) is 3.45. The number of para-hydroxylation sites is 2. The van der Waals surface area contributed by atoms with Gasteiger partial charge in [0.15, 0.2) is 0 Å². The van der Waals surface area contributed by atoms with Gasteiger partial charge in [-0.05, 0) is 38.1 Å². The van der Waals surface area contributed by atoms with Gasteiger partial charge in [0.05, 0.1) is 17.1 Å². The number of amides is 1. The zero-order valence-electron chi connectivity index (χ0n) is 12.1. The molecule has 3 aromatic rings. The summed E-state index contributed by atoms with van der Waals surface area (Å²) in [4.78, 5) is 20.0. The van der Waals surface area contributed by atoms with Crippen LogP contribution in [0.25, 0.3) is 11.0 Å². The predicted octanol–water partition coefficient (Wildman–Crippen LogP) is 3.36. The van der Waals surface area contributed by atoms with E-state index in [2.05, 4.69) is 15.3 Å². The van der Waals surface area contributed by atoms with E-state index < -0.39 is 0 Å². The number of aryl methyl sites for hydroxylation is 1. The zero-order chi connectivity index (χ0) is 14.8. The summed E-state index contributed by atoms with van der Waals surface area (Å²) in [6.45, 7) is 3.89. The van der Waals surface area contributed by atoms with E-state index in [1.165, 1.54) is 0 Å². The summed E-state index contributed by atoms with van der Waals surface area (Å²) in [6.07, 6.45) is 0. The van der Waals surface area contributed by atoms with Crippen LogP contribution in [0.1, 0.15) is 34.7 Å². The highest BCUT2D eigenvalue weighted by Crippen LogP contribution is 2.16. The summed E-state index contributed by atoms with van der Waals surface area (Å²) < 4.78 is 0. The zero-order valence-corrected chi connectivity index (χ0v) is 12.1. The Balaban J connectivity index is 1.79. The number of H-pyrrole nitrogens is 1. The first kappa shape index (κ1) is 13.4. The van der Waals surface area contributed by atoms with Gasteiger partial charge in [0.2, 0.25) is 0 Å². The third kappa shape index (κ3) is 2.79. The van der Waals surface area contributed by atoms with Gasteiger partial charge < -0.3 is 10.3 Å². The number of benzene rings is 2. The Morgan fingerprint density at radius 2 is 2.00 bits per heavy atom. The number of aromatic amines is 1. The molecule has 0 fully saturated rings. The number of fused-ring (bicyclic) bond motifs is 1. The lowest BCUT2D eigenvalue weighted by Crippen LogP contribution is -2.27. The fourth-order valence-electron chi connectivity index (χ4n) is 2.31. The van der Waals surface area contributed by atoms with Crippen LogP contribution in [-0.4, -0.2) is 15.9 Å². The van der Waals surface area contributed by atoms with Crippen molar-refractivity contribution in [3.05, 3.63) is 65.5 Å². The maximum absolute atomic E-state index is 12.2. The Kier molecular flexibility index (Phi) is 3.44. The lowest BCUT2D eigenvalue weighted by molar-refractivity contribution is 0.0938. The molecular weight excluding hydrogens is 262 g/mol. The molecule has 0 unspecified atom stereocenters. The minimum atomic E-state index is -0.176. The van der Waals surface area contributed by atoms with Gasteiger partial charge in [0.25, 0.3) is 5.91 Å². The van der Waals surface area contributed by atoms with Crippen LogP contribution in [0.5, 0.6) is 0 Å². The number of hydrogen-bond donors (Lipinski definition) is 2. The van der Waals surface area contributed by atoms with E-state index in [0.29, 0.717) is 5.56 Å². The number of carbonyl (C=O) groups is 1. The van der Waals surface area contributed by atoms with E-state index in [1.807, 2.05) is 62.4 Å². The first-order valence-electron chi connectivity index (χ1n) is 6.95. The molecule has 21 heavy (non-hydrogen) atoms. The number of rotatable bonds is 3. The highest BCUT2D eigenvalue weighted by Gasteiger charge is 2.14. The van der Waals surface area contributed by atoms with Gasteiger partial charge in [0.1, 0.15) is 5.82 Å². The standard InChI is InChI=1S/C17H17N3O/c1-11-6-5-7-13(10-11)17(21)18-12(2)16-19-14-8-3-4-9-15(14)20-16/h3-10,12H,1-2H3,(H,18,21)(H,19,20)/t12-/m1/s1. The van der Waals surface area contributed by atoms with Gasteiger partial charge >= 0.3 is 0 Å². The number of imidazole rings is 1. The molecule has 0 aliphatic carbocycles. The lowest BCUT2D eigenvalue weighted by Gasteiger charge is -2.11. The van der Waals surface area contributed by atoms with E-state index in [9.17, 15) is 4.79 Å². The minimum absolute atomic E-state index is 0.0911. The Hall–Kier alpha value is -2.62. The van der Waals surface area contributed by atoms with Gasteiger partial charge in [-0.25, -0.2) is 4.98 Å². The first-order valence-corrected chi connectivity index (χ1v) is 6.95.